The molecule has 2 aromatic heterocycles. The van der Waals surface area contributed by atoms with Crippen LogP contribution in [0.3, 0.4) is 0 Å². The van der Waals surface area contributed by atoms with Crippen molar-refractivity contribution in [1.29, 1.82) is 0 Å². The summed E-state index contributed by atoms with van der Waals surface area (Å²) >= 11 is 1.60. The standard InChI is InChI=1S/C18H24N4O3S/c23-13-4-8-21(9-5-13)12-14-11-15(20-25-14)18(24)22-7-2-1-3-16(22)17-19-6-10-26-17/h6,10-11,13,16,23H,1-5,7-9,12H2/t16-/m0/s1. The molecule has 7 nitrogen and oxygen atoms in total. The lowest BCUT2D eigenvalue weighted by molar-refractivity contribution is 0.0599. The minimum Gasteiger partial charge on any atom is -0.393 e. The average molecular weight is 376 g/mol. The van der Waals surface area contributed by atoms with Gasteiger partial charge in [-0.05, 0) is 32.1 Å². The van der Waals surface area contributed by atoms with E-state index in [9.17, 15) is 9.90 Å². The molecular weight excluding hydrogens is 352 g/mol. The fourth-order valence-electron chi connectivity index (χ4n) is 3.76. The van der Waals surface area contributed by atoms with E-state index >= 15 is 0 Å². The van der Waals surface area contributed by atoms with Crippen LogP contribution in [-0.4, -0.2) is 56.7 Å². The summed E-state index contributed by atoms with van der Waals surface area (Å²) in [5, 5.41) is 16.6. The van der Waals surface area contributed by atoms with Crippen LogP contribution in [0.4, 0.5) is 0 Å². The van der Waals surface area contributed by atoms with Gasteiger partial charge in [0.05, 0.1) is 18.7 Å². The highest BCUT2D eigenvalue weighted by Gasteiger charge is 2.32. The van der Waals surface area contributed by atoms with Gasteiger partial charge in [-0.1, -0.05) is 5.16 Å². The van der Waals surface area contributed by atoms with E-state index in [1.165, 1.54) is 0 Å². The third-order valence-corrected chi connectivity index (χ3v) is 6.09. The number of hydrogen-bond acceptors (Lipinski definition) is 7. The van der Waals surface area contributed by atoms with Crippen molar-refractivity contribution in [2.75, 3.05) is 19.6 Å². The Bertz CT molecular complexity index is 725. The maximum absolute atomic E-state index is 13.0. The molecule has 0 bridgehead atoms. The van der Waals surface area contributed by atoms with Crippen molar-refractivity contribution in [3.8, 4) is 0 Å². The molecule has 140 valence electrons. The number of nitrogens with zero attached hydrogens (tertiary/aromatic N) is 4. The quantitative estimate of drug-likeness (QED) is 0.883. The molecule has 2 aliphatic heterocycles. The first-order valence-electron chi connectivity index (χ1n) is 9.27. The lowest BCUT2D eigenvalue weighted by Gasteiger charge is -2.33. The molecule has 0 radical (unpaired) electrons. The summed E-state index contributed by atoms with van der Waals surface area (Å²) in [5.74, 6) is 0.626. The monoisotopic (exact) mass is 376 g/mol. The van der Waals surface area contributed by atoms with Crippen LogP contribution in [0, 0.1) is 0 Å². The summed E-state index contributed by atoms with van der Waals surface area (Å²) in [5.41, 5.74) is 0.375. The average Bonchev–Trinajstić information content (AvgIpc) is 3.35. The summed E-state index contributed by atoms with van der Waals surface area (Å²) < 4.78 is 5.42. The summed E-state index contributed by atoms with van der Waals surface area (Å²) in [6.07, 6.45) is 6.22. The third-order valence-electron chi connectivity index (χ3n) is 5.21. The molecule has 1 atom stereocenters. The van der Waals surface area contributed by atoms with Crippen molar-refractivity contribution in [3.63, 3.8) is 0 Å². The zero-order valence-corrected chi connectivity index (χ0v) is 15.5. The topological polar surface area (TPSA) is 82.7 Å². The Balaban J connectivity index is 1.43. The number of hydrogen-bond donors (Lipinski definition) is 1. The van der Waals surface area contributed by atoms with Gasteiger partial charge in [-0.15, -0.1) is 11.3 Å². The van der Waals surface area contributed by atoms with Gasteiger partial charge >= 0.3 is 0 Å². The van der Waals surface area contributed by atoms with Crippen molar-refractivity contribution in [3.05, 3.63) is 34.1 Å². The lowest BCUT2D eigenvalue weighted by atomic mass is 10.0. The third kappa shape index (κ3) is 3.82. The zero-order valence-electron chi connectivity index (χ0n) is 14.7. The molecule has 2 saturated heterocycles. The number of likely N-dealkylation sites (tertiary alicyclic amines) is 2. The van der Waals surface area contributed by atoms with Crippen LogP contribution in [0.2, 0.25) is 0 Å². The van der Waals surface area contributed by atoms with Gasteiger partial charge in [-0.25, -0.2) is 4.98 Å². The van der Waals surface area contributed by atoms with E-state index < -0.39 is 0 Å². The second-order valence-corrected chi connectivity index (χ2v) is 7.99. The Labute approximate surface area is 156 Å². The summed E-state index contributed by atoms with van der Waals surface area (Å²) in [4.78, 5) is 21.5. The lowest BCUT2D eigenvalue weighted by Crippen LogP contribution is -2.38. The fourth-order valence-corrected chi connectivity index (χ4v) is 4.55. The summed E-state index contributed by atoms with van der Waals surface area (Å²) in [6.45, 7) is 3.03. The molecule has 2 aliphatic rings. The van der Waals surface area contributed by atoms with Gasteiger partial charge in [0.25, 0.3) is 5.91 Å². The minimum absolute atomic E-state index is 0.0417. The number of amides is 1. The first-order valence-corrected chi connectivity index (χ1v) is 10.1. The highest BCUT2D eigenvalue weighted by molar-refractivity contribution is 7.09. The minimum atomic E-state index is -0.194. The van der Waals surface area contributed by atoms with Gasteiger partial charge in [0.2, 0.25) is 0 Å². The van der Waals surface area contributed by atoms with Crippen LogP contribution in [0.5, 0.6) is 0 Å². The molecule has 8 heteroatoms. The van der Waals surface area contributed by atoms with Crippen molar-refractivity contribution in [2.45, 2.75) is 50.8 Å². The van der Waals surface area contributed by atoms with Crippen LogP contribution < -0.4 is 0 Å². The Kier molecular flexibility index (Phi) is 5.33. The summed E-state index contributed by atoms with van der Waals surface area (Å²) in [6, 6.07) is 1.81. The number of aliphatic hydroxyl groups is 1. The van der Waals surface area contributed by atoms with E-state index in [2.05, 4.69) is 15.0 Å². The first kappa shape index (κ1) is 17.6. The molecule has 0 unspecified atom stereocenters. The molecular formula is C18H24N4O3S. The molecule has 0 saturated carbocycles. The Morgan fingerprint density at radius 3 is 2.88 bits per heavy atom. The zero-order chi connectivity index (χ0) is 17.9. The highest BCUT2D eigenvalue weighted by Crippen LogP contribution is 2.33. The fraction of sp³-hybridized carbons (Fsp3) is 0.611. The second-order valence-electron chi connectivity index (χ2n) is 7.07. The van der Waals surface area contributed by atoms with Crippen molar-refractivity contribution in [2.24, 2.45) is 0 Å². The molecule has 1 amide bonds. The van der Waals surface area contributed by atoms with E-state index in [1.54, 1.807) is 23.6 Å². The molecule has 0 aromatic carbocycles. The molecule has 2 fully saturated rings. The second kappa shape index (κ2) is 7.85. The molecule has 0 aliphatic carbocycles. The van der Waals surface area contributed by atoms with E-state index in [1.807, 2.05) is 10.3 Å². The SMILES string of the molecule is O=C(c1cc(CN2CCC(O)CC2)on1)N1CCCC[C@H]1c1nccs1. The van der Waals surface area contributed by atoms with Crippen LogP contribution >= 0.6 is 11.3 Å². The van der Waals surface area contributed by atoms with Gasteiger partial charge in [0.15, 0.2) is 11.5 Å². The Morgan fingerprint density at radius 2 is 2.12 bits per heavy atom. The van der Waals surface area contributed by atoms with Crippen molar-refractivity contribution < 1.29 is 14.4 Å². The number of aromatic nitrogens is 2. The molecule has 4 heterocycles. The van der Waals surface area contributed by atoms with Gasteiger partial charge in [0.1, 0.15) is 5.01 Å². The molecule has 4 rings (SSSR count). The Hall–Kier alpha value is -1.77. The maximum atomic E-state index is 13.0. The predicted molar refractivity (Wildman–Crippen MR) is 96.8 cm³/mol. The van der Waals surface area contributed by atoms with Crippen LogP contribution in [-0.2, 0) is 6.54 Å². The van der Waals surface area contributed by atoms with Gasteiger partial charge in [0, 0.05) is 37.3 Å². The summed E-state index contributed by atoms with van der Waals surface area (Å²) in [7, 11) is 0. The number of piperidine rings is 2. The number of aliphatic hydroxyl groups excluding tert-OH is 1. The van der Waals surface area contributed by atoms with E-state index in [4.69, 9.17) is 4.52 Å². The van der Waals surface area contributed by atoms with Gasteiger partial charge in [-0.3, -0.25) is 9.69 Å². The maximum Gasteiger partial charge on any atom is 0.276 e. The van der Waals surface area contributed by atoms with Gasteiger partial charge in [-0.2, -0.15) is 0 Å². The van der Waals surface area contributed by atoms with Crippen molar-refractivity contribution >= 4 is 17.2 Å². The van der Waals surface area contributed by atoms with E-state index in [0.29, 0.717) is 18.0 Å². The van der Waals surface area contributed by atoms with Gasteiger partial charge < -0.3 is 14.5 Å². The molecule has 26 heavy (non-hydrogen) atoms. The smallest absolute Gasteiger partial charge is 0.276 e. The molecule has 2 aromatic rings. The number of rotatable bonds is 4. The largest absolute Gasteiger partial charge is 0.393 e. The molecule has 0 spiro atoms. The number of carbonyl (C=O) groups is 1. The highest BCUT2D eigenvalue weighted by atomic mass is 32.1. The van der Waals surface area contributed by atoms with E-state index in [-0.39, 0.29) is 18.1 Å². The normalized spacial score (nSPS) is 22.7. The van der Waals surface area contributed by atoms with Crippen molar-refractivity contribution in [1.82, 2.24) is 19.9 Å². The van der Waals surface area contributed by atoms with Crippen LogP contribution in [0.1, 0.15) is 59.4 Å². The number of thiazole rings is 1. The van der Waals surface area contributed by atoms with Crippen LogP contribution in [0.15, 0.2) is 22.2 Å². The van der Waals surface area contributed by atoms with Crippen LogP contribution in [0.25, 0.3) is 0 Å². The Morgan fingerprint density at radius 1 is 1.27 bits per heavy atom. The van der Waals surface area contributed by atoms with E-state index in [0.717, 1.165) is 56.7 Å². The number of carbonyl (C=O) groups excluding carboxylic acids is 1. The first-order chi connectivity index (χ1) is 12.7. The molecule has 1 N–H and O–H groups in total. The predicted octanol–water partition coefficient (Wildman–Crippen LogP) is 2.46.